The second-order valence-electron chi connectivity index (χ2n) is 4.78. The molecule has 0 saturated heterocycles. The fourth-order valence-electron chi connectivity index (χ4n) is 1.97. The van der Waals surface area contributed by atoms with Crippen LogP contribution in [0.15, 0.2) is 50.6 Å². The van der Waals surface area contributed by atoms with E-state index in [0.29, 0.717) is 9.35 Å². The van der Waals surface area contributed by atoms with Crippen LogP contribution >= 0.6 is 38.9 Å². The van der Waals surface area contributed by atoms with Gasteiger partial charge in [-0.2, -0.15) is 5.10 Å². The molecule has 0 bridgehead atoms. The lowest BCUT2D eigenvalue weighted by Crippen LogP contribution is -2.12. The number of nitrogens with one attached hydrogen (secondary N) is 1. The van der Waals surface area contributed by atoms with Gasteiger partial charge in [0.2, 0.25) is 0 Å². The number of benzene rings is 1. The van der Waals surface area contributed by atoms with Gasteiger partial charge in [-0.3, -0.25) is 9.40 Å². The monoisotopic (exact) mass is 449 g/mol. The summed E-state index contributed by atoms with van der Waals surface area (Å²) in [6.07, 6.45) is 1.44. The van der Waals surface area contributed by atoms with Gasteiger partial charge in [0.1, 0.15) is 15.0 Å². The molecule has 1 N–H and O–H groups in total. The number of halogens is 3. The van der Waals surface area contributed by atoms with Gasteiger partial charge in [0.25, 0.3) is 10.0 Å². The zero-order chi connectivity index (χ0) is 17.3. The average molecular weight is 451 g/mol. The summed E-state index contributed by atoms with van der Waals surface area (Å²) in [5.74, 6) is -0.368. The number of nitrogens with zero attached hydrogens (tertiary/aromatic N) is 2. The van der Waals surface area contributed by atoms with E-state index in [9.17, 15) is 12.8 Å². The van der Waals surface area contributed by atoms with E-state index in [1.807, 2.05) is 0 Å². The van der Waals surface area contributed by atoms with Crippen molar-refractivity contribution in [2.45, 2.75) is 10.8 Å². The highest BCUT2D eigenvalue weighted by molar-refractivity contribution is 9.11. The van der Waals surface area contributed by atoms with E-state index in [-0.39, 0.29) is 27.4 Å². The first-order chi connectivity index (χ1) is 11.3. The molecule has 3 rings (SSSR count). The number of aromatic nitrogens is 2. The summed E-state index contributed by atoms with van der Waals surface area (Å²) in [6, 6.07) is 9.38. The topological polar surface area (TPSA) is 64.0 Å². The highest BCUT2D eigenvalue weighted by Gasteiger charge is 2.20. The lowest BCUT2D eigenvalue weighted by Gasteiger charge is -2.04. The molecule has 0 saturated carbocycles. The van der Waals surface area contributed by atoms with Crippen LogP contribution in [0.1, 0.15) is 5.56 Å². The molecule has 0 atom stereocenters. The van der Waals surface area contributed by atoms with E-state index in [2.05, 4.69) is 25.8 Å². The minimum atomic E-state index is -3.78. The maximum atomic E-state index is 13.7. The van der Waals surface area contributed by atoms with E-state index >= 15 is 0 Å². The van der Waals surface area contributed by atoms with Crippen molar-refractivity contribution in [2.75, 3.05) is 4.72 Å². The van der Waals surface area contributed by atoms with Crippen molar-refractivity contribution in [3.63, 3.8) is 0 Å². The molecule has 0 spiro atoms. The van der Waals surface area contributed by atoms with Crippen molar-refractivity contribution in [3.05, 3.63) is 62.8 Å². The van der Waals surface area contributed by atoms with Crippen molar-refractivity contribution in [1.29, 1.82) is 0 Å². The Balaban J connectivity index is 1.83. The molecule has 5 nitrogen and oxygen atoms in total. The predicted molar refractivity (Wildman–Crippen MR) is 95.6 cm³/mol. The summed E-state index contributed by atoms with van der Waals surface area (Å²) in [7, 11) is -3.78. The standard InChI is InChI=1S/C14H10BrClFN3O2S2/c15-12-5-6-13(23-12)24(21,22)19-14-10(16)8-20(18-14)7-9-3-1-2-4-11(9)17/h1-6,8H,7H2,(H,18,19). The molecule has 1 aromatic carbocycles. The normalized spacial score (nSPS) is 11.6. The van der Waals surface area contributed by atoms with E-state index in [1.165, 1.54) is 23.0 Å². The SMILES string of the molecule is O=S(=O)(Nc1nn(Cc2ccccc2F)cc1Cl)c1ccc(Br)s1. The zero-order valence-corrected chi connectivity index (χ0v) is 15.9. The van der Waals surface area contributed by atoms with Crippen LogP contribution in [0, 0.1) is 5.82 Å². The van der Waals surface area contributed by atoms with Crippen molar-refractivity contribution in [3.8, 4) is 0 Å². The van der Waals surface area contributed by atoms with Gasteiger partial charge in [0, 0.05) is 11.8 Å². The van der Waals surface area contributed by atoms with Gasteiger partial charge in [-0.05, 0) is 34.1 Å². The van der Waals surface area contributed by atoms with Gasteiger partial charge in [0.15, 0.2) is 5.82 Å². The number of hydrogen-bond acceptors (Lipinski definition) is 4. The lowest BCUT2D eigenvalue weighted by atomic mass is 10.2. The first kappa shape index (κ1) is 17.4. The molecule has 0 fully saturated rings. The Morgan fingerprint density at radius 1 is 1.29 bits per heavy atom. The van der Waals surface area contributed by atoms with E-state index in [0.717, 1.165) is 11.3 Å². The third kappa shape index (κ3) is 3.80. The number of anilines is 1. The molecular weight excluding hydrogens is 441 g/mol. The van der Waals surface area contributed by atoms with Gasteiger partial charge in [-0.1, -0.05) is 29.8 Å². The Hall–Kier alpha value is -1.42. The Morgan fingerprint density at radius 3 is 2.71 bits per heavy atom. The van der Waals surface area contributed by atoms with Crippen LogP contribution in [-0.2, 0) is 16.6 Å². The first-order valence-corrected chi connectivity index (χ1v) is 10.1. The summed E-state index contributed by atoms with van der Waals surface area (Å²) in [5, 5.41) is 4.21. The van der Waals surface area contributed by atoms with Gasteiger partial charge in [0.05, 0.1) is 10.3 Å². The fourth-order valence-corrected chi connectivity index (χ4v) is 5.25. The fraction of sp³-hybridized carbons (Fsp3) is 0.0714. The molecule has 0 unspecified atom stereocenters. The molecule has 24 heavy (non-hydrogen) atoms. The van der Waals surface area contributed by atoms with Crippen LogP contribution in [0.3, 0.4) is 0 Å². The summed E-state index contributed by atoms with van der Waals surface area (Å²) in [5.41, 5.74) is 0.424. The van der Waals surface area contributed by atoms with Crippen LogP contribution in [0.5, 0.6) is 0 Å². The molecule has 126 valence electrons. The Kier molecular flexibility index (Phi) is 4.95. The Bertz CT molecular complexity index is 988. The lowest BCUT2D eigenvalue weighted by molar-refractivity contribution is 0.585. The van der Waals surface area contributed by atoms with Crippen LogP contribution in [0.2, 0.25) is 5.02 Å². The molecule has 10 heteroatoms. The zero-order valence-electron chi connectivity index (χ0n) is 11.9. The number of thiophene rings is 1. The Labute approximate surface area is 155 Å². The first-order valence-electron chi connectivity index (χ1n) is 6.60. The third-order valence-electron chi connectivity index (χ3n) is 3.05. The largest absolute Gasteiger partial charge is 0.272 e. The summed E-state index contributed by atoms with van der Waals surface area (Å²) < 4.78 is 42.8. The molecule has 2 heterocycles. The summed E-state index contributed by atoms with van der Waals surface area (Å²) >= 11 is 10.3. The molecule has 2 aromatic heterocycles. The third-order valence-corrected chi connectivity index (χ3v) is 6.78. The van der Waals surface area contributed by atoms with Crippen molar-refractivity contribution < 1.29 is 12.8 Å². The number of sulfonamides is 1. The van der Waals surface area contributed by atoms with Crippen molar-refractivity contribution in [2.24, 2.45) is 0 Å². The van der Waals surface area contributed by atoms with Gasteiger partial charge >= 0.3 is 0 Å². The van der Waals surface area contributed by atoms with E-state index in [1.54, 1.807) is 24.3 Å². The minimum Gasteiger partial charge on any atom is -0.265 e. The quantitative estimate of drug-likeness (QED) is 0.628. The molecule has 3 aromatic rings. The molecule has 0 aliphatic heterocycles. The average Bonchev–Trinajstić information content (AvgIpc) is 3.08. The Morgan fingerprint density at radius 2 is 2.04 bits per heavy atom. The van der Waals surface area contributed by atoms with Crippen LogP contribution in [0.4, 0.5) is 10.2 Å². The number of hydrogen-bond donors (Lipinski definition) is 1. The van der Waals surface area contributed by atoms with Crippen LogP contribution in [-0.4, -0.2) is 18.2 Å². The second-order valence-corrected chi connectivity index (χ2v) is 9.56. The second kappa shape index (κ2) is 6.83. The van der Waals surface area contributed by atoms with Gasteiger partial charge in [-0.25, -0.2) is 12.8 Å². The summed E-state index contributed by atoms with van der Waals surface area (Å²) in [6.45, 7) is 0.138. The van der Waals surface area contributed by atoms with Gasteiger partial charge in [-0.15, -0.1) is 11.3 Å². The minimum absolute atomic E-state index is 0.00229. The predicted octanol–water partition coefficient (Wildman–Crippen LogP) is 4.35. The molecular formula is C14H10BrClFN3O2S2. The maximum absolute atomic E-state index is 13.7. The highest BCUT2D eigenvalue weighted by atomic mass is 79.9. The van der Waals surface area contributed by atoms with Crippen LogP contribution < -0.4 is 4.72 Å². The highest BCUT2D eigenvalue weighted by Crippen LogP contribution is 2.29. The van der Waals surface area contributed by atoms with Crippen molar-refractivity contribution in [1.82, 2.24) is 9.78 Å². The van der Waals surface area contributed by atoms with Crippen LogP contribution in [0.25, 0.3) is 0 Å². The maximum Gasteiger partial charge on any atom is 0.272 e. The van der Waals surface area contributed by atoms with Gasteiger partial charge < -0.3 is 0 Å². The smallest absolute Gasteiger partial charge is 0.265 e. The number of rotatable bonds is 5. The molecule has 0 aliphatic carbocycles. The van der Waals surface area contributed by atoms with E-state index in [4.69, 9.17) is 11.6 Å². The molecule has 0 amide bonds. The molecule has 0 radical (unpaired) electrons. The van der Waals surface area contributed by atoms with E-state index < -0.39 is 10.0 Å². The molecule has 0 aliphatic rings. The van der Waals surface area contributed by atoms with Crippen molar-refractivity contribution >= 4 is 54.7 Å². The summed E-state index contributed by atoms with van der Waals surface area (Å²) in [4.78, 5) is 0.